The first-order valence-corrected chi connectivity index (χ1v) is 27.4. The van der Waals surface area contributed by atoms with Gasteiger partial charge in [0.05, 0.1) is 5.70 Å². The molecule has 2 heteroatoms. The summed E-state index contributed by atoms with van der Waals surface area (Å²) in [5.41, 5.74) is 36.8. The summed E-state index contributed by atoms with van der Waals surface area (Å²) < 4.78 is 0. The van der Waals surface area contributed by atoms with Crippen LogP contribution in [0.4, 0.5) is 28.4 Å². The average Bonchev–Trinajstić information content (AvgIpc) is 4.19. The van der Waals surface area contributed by atoms with Crippen molar-refractivity contribution in [2.75, 3.05) is 9.80 Å². The van der Waals surface area contributed by atoms with E-state index in [1.165, 1.54) is 123 Å². The van der Waals surface area contributed by atoms with Crippen molar-refractivity contribution in [2.24, 2.45) is 0 Å². The predicted octanol–water partition coefficient (Wildman–Crippen LogP) is 19.3. The lowest BCUT2D eigenvalue weighted by molar-refractivity contribution is 0.659. The SMILES string of the molecule is CC1(C)C2=CC(N(c3ccc4c(c3)C(C)(C)c3ccccc3-4)c3ccc4c(c3)C(C)(C)c3cc(N(c5ccc6c(c5)C(C)(C)c5ccccc5-6)c5ccc6c(c5)C(C)(C)c5ccccc5-6)ccc3-4)=C=C2c2ccccc21. The van der Waals surface area contributed by atoms with Crippen LogP contribution in [0, 0.1) is 0 Å². The second-order valence-electron chi connectivity index (χ2n) is 25.1. The van der Waals surface area contributed by atoms with Crippen LogP contribution < -0.4 is 9.80 Å². The molecule has 0 amide bonds. The quantitative estimate of drug-likeness (QED) is 0.153. The van der Waals surface area contributed by atoms with Crippen molar-refractivity contribution in [1.29, 1.82) is 0 Å². The van der Waals surface area contributed by atoms with E-state index in [4.69, 9.17) is 0 Å². The van der Waals surface area contributed by atoms with Gasteiger partial charge < -0.3 is 9.80 Å². The van der Waals surface area contributed by atoms with Crippen LogP contribution in [0.25, 0.3) is 50.1 Å². The van der Waals surface area contributed by atoms with Crippen LogP contribution in [0.1, 0.15) is 125 Å². The van der Waals surface area contributed by atoms with Crippen LogP contribution in [0.2, 0.25) is 0 Å². The molecule has 368 valence electrons. The van der Waals surface area contributed by atoms with E-state index in [9.17, 15) is 0 Å². The van der Waals surface area contributed by atoms with Gasteiger partial charge in [-0.15, -0.1) is 0 Å². The molecule has 0 bridgehead atoms. The summed E-state index contributed by atoms with van der Waals surface area (Å²) in [6.07, 6.45) is 2.42. The summed E-state index contributed by atoms with van der Waals surface area (Å²) in [5, 5.41) is 0. The van der Waals surface area contributed by atoms with E-state index in [0.717, 1.165) is 22.8 Å². The standard InChI is InChI=1S/C74H62N2/c1-70(2)60-23-15-11-19-50(60)54-32-27-44(38-64(54)70)75(45-28-33-55-51-20-12-16-24-61(51)71(3,4)65(55)39-45)46-29-35-57-58-36-31-48(42-68(58)74(9,10)67(57)40-46)76(49-37-59-53-22-14-18-26-63(53)73(7,8)69(59)43-49)47-30-34-56-52-21-13-17-25-62(52)72(5,6)66(56)41-47/h11-36,38-43H,1-10H3. The lowest BCUT2D eigenvalue weighted by Gasteiger charge is -2.31. The van der Waals surface area contributed by atoms with Gasteiger partial charge in [0.15, 0.2) is 0 Å². The van der Waals surface area contributed by atoms with Crippen molar-refractivity contribution < 1.29 is 0 Å². The largest absolute Gasteiger partial charge is 0.310 e. The van der Waals surface area contributed by atoms with Gasteiger partial charge in [-0.25, -0.2) is 0 Å². The topological polar surface area (TPSA) is 6.48 Å². The summed E-state index contributed by atoms with van der Waals surface area (Å²) in [6.45, 7) is 23.9. The normalized spacial score (nSPS) is 17.6. The van der Waals surface area contributed by atoms with Crippen molar-refractivity contribution in [3.05, 3.63) is 267 Å². The minimum Gasteiger partial charge on any atom is -0.310 e. The third kappa shape index (κ3) is 5.89. The van der Waals surface area contributed by atoms with Crippen LogP contribution in [0.15, 0.2) is 211 Å². The first kappa shape index (κ1) is 45.3. The number of rotatable bonds is 6. The number of hydrogen-bond acceptors (Lipinski definition) is 2. The molecular formula is C74H62N2. The Labute approximate surface area is 449 Å². The van der Waals surface area contributed by atoms with E-state index in [-0.39, 0.29) is 27.1 Å². The molecule has 6 aliphatic carbocycles. The Kier molecular flexibility index (Phi) is 8.95. The zero-order chi connectivity index (χ0) is 52.0. The lowest BCUT2D eigenvalue weighted by atomic mass is 9.81. The minimum absolute atomic E-state index is 0.135. The highest BCUT2D eigenvalue weighted by Gasteiger charge is 2.44. The molecule has 0 N–H and O–H groups in total. The minimum atomic E-state index is -0.308. The Morgan fingerprint density at radius 3 is 0.868 bits per heavy atom. The molecule has 0 spiro atoms. The van der Waals surface area contributed by atoms with Crippen molar-refractivity contribution in [3.63, 3.8) is 0 Å². The van der Waals surface area contributed by atoms with Gasteiger partial charge in [0.25, 0.3) is 0 Å². The lowest BCUT2D eigenvalue weighted by Crippen LogP contribution is -2.20. The highest BCUT2D eigenvalue weighted by molar-refractivity contribution is 5.96. The van der Waals surface area contributed by atoms with E-state index in [0.29, 0.717) is 0 Å². The van der Waals surface area contributed by atoms with Gasteiger partial charge in [0.2, 0.25) is 0 Å². The molecule has 0 fully saturated rings. The Morgan fingerprint density at radius 1 is 0.263 bits per heavy atom. The third-order valence-electron chi connectivity index (χ3n) is 19.2. The molecule has 0 radical (unpaired) electrons. The van der Waals surface area contributed by atoms with Gasteiger partial charge in [-0.1, -0.05) is 202 Å². The number of hydrogen-bond donors (Lipinski definition) is 0. The number of benzene rings is 9. The van der Waals surface area contributed by atoms with E-state index in [1.807, 2.05) is 0 Å². The summed E-state index contributed by atoms with van der Waals surface area (Å²) in [5.74, 6) is 0. The molecule has 0 saturated carbocycles. The Balaban J connectivity index is 0.878. The zero-order valence-electron chi connectivity index (χ0n) is 45.4. The van der Waals surface area contributed by atoms with Gasteiger partial charge in [-0.2, -0.15) is 0 Å². The maximum absolute atomic E-state index is 4.04. The van der Waals surface area contributed by atoms with Crippen molar-refractivity contribution in [2.45, 2.75) is 96.3 Å². The zero-order valence-corrected chi connectivity index (χ0v) is 45.4. The monoisotopic (exact) mass is 978 g/mol. The van der Waals surface area contributed by atoms with Gasteiger partial charge in [0, 0.05) is 61.1 Å². The number of nitrogens with zero attached hydrogens (tertiary/aromatic N) is 2. The van der Waals surface area contributed by atoms with E-state index in [1.54, 1.807) is 0 Å². The molecule has 6 aliphatic rings. The fraction of sp³-hybridized carbons (Fsp3) is 0.203. The van der Waals surface area contributed by atoms with Crippen molar-refractivity contribution in [1.82, 2.24) is 0 Å². The van der Waals surface area contributed by atoms with Crippen molar-refractivity contribution in [3.8, 4) is 44.5 Å². The van der Waals surface area contributed by atoms with Crippen LogP contribution in [0.5, 0.6) is 0 Å². The molecule has 9 aromatic carbocycles. The molecule has 2 nitrogen and oxygen atoms in total. The highest BCUT2D eigenvalue weighted by atomic mass is 15.2. The first-order valence-electron chi connectivity index (χ1n) is 27.4. The van der Waals surface area contributed by atoms with Gasteiger partial charge in [-0.05, 0) is 172 Å². The molecule has 0 unspecified atom stereocenters. The van der Waals surface area contributed by atoms with Crippen LogP contribution in [0.3, 0.4) is 0 Å². The molecular weight excluding hydrogens is 917 g/mol. The molecule has 0 heterocycles. The maximum atomic E-state index is 4.04. The smallest absolute Gasteiger partial charge is 0.0900 e. The van der Waals surface area contributed by atoms with Crippen LogP contribution >= 0.6 is 0 Å². The summed E-state index contributed by atoms with van der Waals surface area (Å²) in [4.78, 5) is 5.02. The van der Waals surface area contributed by atoms with Crippen molar-refractivity contribution >= 4 is 34.0 Å². The van der Waals surface area contributed by atoms with Gasteiger partial charge in [0.1, 0.15) is 0 Å². The number of allylic oxidation sites excluding steroid dienone is 2. The molecule has 9 aromatic rings. The molecule has 15 rings (SSSR count). The fourth-order valence-electron chi connectivity index (χ4n) is 15.0. The van der Waals surface area contributed by atoms with Gasteiger partial charge in [-0.3, -0.25) is 0 Å². The number of fused-ring (bicyclic) bond motifs is 15. The Morgan fingerprint density at radius 2 is 0.526 bits per heavy atom. The average molecular weight is 979 g/mol. The molecule has 0 atom stereocenters. The van der Waals surface area contributed by atoms with Crippen LogP contribution in [-0.2, 0) is 27.1 Å². The summed E-state index contributed by atoms with van der Waals surface area (Å²) >= 11 is 0. The first-order chi connectivity index (χ1) is 36.5. The second-order valence-corrected chi connectivity index (χ2v) is 25.1. The summed E-state index contributed by atoms with van der Waals surface area (Å²) in [7, 11) is 0. The van der Waals surface area contributed by atoms with Gasteiger partial charge >= 0.3 is 0 Å². The van der Waals surface area contributed by atoms with E-state index >= 15 is 0 Å². The fourth-order valence-corrected chi connectivity index (χ4v) is 15.0. The highest BCUT2D eigenvalue weighted by Crippen LogP contribution is 2.58. The Hall–Kier alpha value is -8.16. The summed E-state index contributed by atoms with van der Waals surface area (Å²) in [6, 6.07) is 71.9. The predicted molar refractivity (Wildman–Crippen MR) is 318 cm³/mol. The van der Waals surface area contributed by atoms with E-state index < -0.39 is 0 Å². The maximum Gasteiger partial charge on any atom is 0.0900 e. The van der Waals surface area contributed by atoms with Crippen LogP contribution in [-0.4, -0.2) is 0 Å². The molecule has 0 saturated heterocycles. The Bertz CT molecular complexity index is 4090. The molecule has 0 aromatic heterocycles. The second kappa shape index (κ2) is 15.0. The molecule has 76 heavy (non-hydrogen) atoms. The number of anilines is 5. The molecule has 0 aliphatic heterocycles. The van der Waals surface area contributed by atoms with E-state index in [2.05, 4.69) is 279 Å². The third-order valence-corrected chi connectivity index (χ3v) is 19.2.